The first-order chi connectivity index (χ1) is 13.3. The minimum absolute atomic E-state index is 0.0868. The van der Waals surface area contributed by atoms with E-state index in [1.165, 1.54) is 5.56 Å². The summed E-state index contributed by atoms with van der Waals surface area (Å²) in [4.78, 5) is 13.0. The van der Waals surface area contributed by atoms with Crippen LogP contribution in [0.4, 0.5) is 0 Å². The van der Waals surface area contributed by atoms with Gasteiger partial charge in [0.05, 0.1) is 6.04 Å². The van der Waals surface area contributed by atoms with Crippen LogP contribution in [-0.2, 0) is 11.2 Å². The van der Waals surface area contributed by atoms with Gasteiger partial charge in [-0.3, -0.25) is 4.79 Å². The van der Waals surface area contributed by atoms with Crippen LogP contribution in [0.25, 0.3) is 0 Å². The molecule has 0 aromatic heterocycles. The first-order valence-electron chi connectivity index (χ1n) is 10.2. The fourth-order valence-electron chi connectivity index (χ4n) is 3.64. The number of amides is 1. The van der Waals surface area contributed by atoms with Crippen molar-refractivity contribution in [2.24, 2.45) is 0 Å². The van der Waals surface area contributed by atoms with Crippen LogP contribution in [0.2, 0.25) is 0 Å². The predicted octanol–water partition coefficient (Wildman–Crippen LogP) is 5.13. The molecule has 2 aromatic carbocycles. The van der Waals surface area contributed by atoms with Crippen LogP contribution in [0.15, 0.2) is 42.5 Å². The zero-order valence-corrected chi connectivity index (χ0v) is 17.5. The van der Waals surface area contributed by atoms with Crippen molar-refractivity contribution in [3.63, 3.8) is 0 Å². The Kier molecular flexibility index (Phi) is 5.97. The molecule has 3 rings (SSSR count). The number of hydrogen-bond donors (Lipinski definition) is 1. The summed E-state index contributed by atoms with van der Waals surface area (Å²) in [5, 5.41) is 3.20. The minimum atomic E-state index is -0.521. The Morgan fingerprint density at radius 2 is 1.93 bits per heavy atom. The van der Waals surface area contributed by atoms with Gasteiger partial charge in [-0.1, -0.05) is 38.1 Å². The summed E-state index contributed by atoms with van der Waals surface area (Å²) < 4.78 is 12.1. The van der Waals surface area contributed by atoms with Gasteiger partial charge in [0.15, 0.2) is 6.10 Å². The lowest BCUT2D eigenvalue weighted by Gasteiger charge is -2.38. The highest BCUT2D eigenvalue weighted by molar-refractivity contribution is 5.81. The van der Waals surface area contributed by atoms with Gasteiger partial charge in [-0.15, -0.1) is 0 Å². The second-order valence-corrected chi connectivity index (χ2v) is 8.18. The number of aryl methyl sites for hydroxylation is 2. The van der Waals surface area contributed by atoms with Gasteiger partial charge in [0.25, 0.3) is 5.91 Å². The van der Waals surface area contributed by atoms with Crippen molar-refractivity contribution in [3.05, 3.63) is 59.2 Å². The molecule has 0 bridgehead atoms. The number of hydrogen-bond acceptors (Lipinski definition) is 3. The molecular weight excluding hydrogens is 350 g/mol. The summed E-state index contributed by atoms with van der Waals surface area (Å²) in [6, 6.07) is 14.0. The Morgan fingerprint density at radius 3 is 2.57 bits per heavy atom. The molecule has 28 heavy (non-hydrogen) atoms. The molecule has 1 N–H and O–H groups in total. The average molecular weight is 382 g/mol. The van der Waals surface area contributed by atoms with E-state index in [-0.39, 0.29) is 17.6 Å². The molecule has 0 saturated carbocycles. The quantitative estimate of drug-likeness (QED) is 0.754. The number of ether oxygens (including phenoxy) is 2. The topological polar surface area (TPSA) is 47.6 Å². The fourth-order valence-corrected chi connectivity index (χ4v) is 3.64. The third kappa shape index (κ3) is 4.67. The van der Waals surface area contributed by atoms with E-state index >= 15 is 0 Å². The van der Waals surface area contributed by atoms with Gasteiger partial charge in [0, 0.05) is 12.0 Å². The highest BCUT2D eigenvalue weighted by Crippen LogP contribution is 2.40. The van der Waals surface area contributed by atoms with E-state index in [0.717, 1.165) is 35.5 Å². The molecule has 0 saturated heterocycles. The molecule has 1 heterocycles. The molecule has 0 spiro atoms. The molecule has 0 fully saturated rings. The Bertz CT molecular complexity index is 826. The number of carbonyl (C=O) groups excluding carboxylic acids is 1. The standard InChI is InChI=1S/C24H31NO3/c1-6-17-9-11-18(12-10-17)27-21(7-2)23(26)25-20-15-24(4,5)28-22-14-16(3)8-13-19(20)22/h8-14,20-21H,6-7,15H2,1-5H3,(H,25,26)/t20-,21-/m1/s1. The van der Waals surface area contributed by atoms with E-state index in [2.05, 4.69) is 38.2 Å². The summed E-state index contributed by atoms with van der Waals surface area (Å²) in [5.41, 5.74) is 3.09. The van der Waals surface area contributed by atoms with Gasteiger partial charge in [-0.05, 0) is 62.9 Å². The predicted molar refractivity (Wildman–Crippen MR) is 112 cm³/mol. The van der Waals surface area contributed by atoms with Crippen molar-refractivity contribution in [3.8, 4) is 11.5 Å². The van der Waals surface area contributed by atoms with Gasteiger partial charge in [-0.2, -0.15) is 0 Å². The Balaban J connectivity index is 1.74. The maximum Gasteiger partial charge on any atom is 0.261 e. The summed E-state index contributed by atoms with van der Waals surface area (Å²) in [5.74, 6) is 1.49. The summed E-state index contributed by atoms with van der Waals surface area (Å²) in [6.07, 6.45) is 1.79. The Morgan fingerprint density at radius 1 is 1.21 bits per heavy atom. The van der Waals surface area contributed by atoms with Crippen molar-refractivity contribution in [1.29, 1.82) is 0 Å². The monoisotopic (exact) mass is 381 g/mol. The number of fused-ring (bicyclic) bond motifs is 1. The smallest absolute Gasteiger partial charge is 0.261 e. The van der Waals surface area contributed by atoms with Gasteiger partial charge < -0.3 is 14.8 Å². The van der Waals surface area contributed by atoms with Crippen LogP contribution >= 0.6 is 0 Å². The Hall–Kier alpha value is -2.49. The van der Waals surface area contributed by atoms with Crippen molar-refractivity contribution >= 4 is 5.91 Å². The first kappa shape index (κ1) is 20.2. The molecular formula is C24H31NO3. The maximum atomic E-state index is 13.0. The molecule has 4 nitrogen and oxygen atoms in total. The highest BCUT2D eigenvalue weighted by Gasteiger charge is 2.35. The zero-order chi connectivity index (χ0) is 20.3. The van der Waals surface area contributed by atoms with Gasteiger partial charge >= 0.3 is 0 Å². The molecule has 4 heteroatoms. The third-order valence-corrected chi connectivity index (χ3v) is 5.22. The minimum Gasteiger partial charge on any atom is -0.487 e. The molecule has 0 aliphatic carbocycles. The van der Waals surface area contributed by atoms with Crippen molar-refractivity contribution in [2.75, 3.05) is 0 Å². The van der Waals surface area contributed by atoms with Crippen molar-refractivity contribution in [1.82, 2.24) is 5.32 Å². The van der Waals surface area contributed by atoms with Crippen LogP contribution in [0.3, 0.4) is 0 Å². The van der Waals surface area contributed by atoms with Crippen LogP contribution in [0.5, 0.6) is 11.5 Å². The summed E-state index contributed by atoms with van der Waals surface area (Å²) >= 11 is 0. The lowest BCUT2D eigenvalue weighted by molar-refractivity contribution is -0.129. The van der Waals surface area contributed by atoms with Crippen LogP contribution in [0, 0.1) is 6.92 Å². The molecule has 1 aliphatic heterocycles. The van der Waals surface area contributed by atoms with E-state index in [1.54, 1.807) is 0 Å². The number of benzene rings is 2. The normalized spacial score (nSPS) is 18.5. The van der Waals surface area contributed by atoms with E-state index in [1.807, 2.05) is 44.2 Å². The fraction of sp³-hybridized carbons (Fsp3) is 0.458. The molecule has 0 radical (unpaired) electrons. The largest absolute Gasteiger partial charge is 0.487 e. The Labute approximate surface area is 168 Å². The first-order valence-corrected chi connectivity index (χ1v) is 10.2. The lowest BCUT2D eigenvalue weighted by Crippen LogP contribution is -2.45. The molecule has 1 aliphatic rings. The summed E-state index contributed by atoms with van der Waals surface area (Å²) in [6.45, 7) is 10.2. The molecule has 2 aromatic rings. The molecule has 2 atom stereocenters. The van der Waals surface area contributed by atoms with E-state index in [9.17, 15) is 4.79 Å². The second kappa shape index (κ2) is 8.26. The van der Waals surface area contributed by atoms with Crippen molar-refractivity contribution < 1.29 is 14.3 Å². The molecule has 0 unspecified atom stereocenters. The van der Waals surface area contributed by atoms with Gasteiger partial charge in [-0.25, -0.2) is 0 Å². The summed E-state index contributed by atoms with van der Waals surface area (Å²) in [7, 11) is 0. The number of carbonyl (C=O) groups is 1. The zero-order valence-electron chi connectivity index (χ0n) is 17.5. The van der Waals surface area contributed by atoms with Crippen molar-refractivity contribution in [2.45, 2.75) is 71.6 Å². The van der Waals surface area contributed by atoms with E-state index in [4.69, 9.17) is 9.47 Å². The third-order valence-electron chi connectivity index (χ3n) is 5.22. The molecule has 1 amide bonds. The lowest BCUT2D eigenvalue weighted by atomic mass is 9.89. The van der Waals surface area contributed by atoms with Gasteiger partial charge in [0.2, 0.25) is 0 Å². The number of rotatable bonds is 6. The molecule has 150 valence electrons. The van der Waals surface area contributed by atoms with E-state index < -0.39 is 6.10 Å². The van der Waals surface area contributed by atoms with Crippen LogP contribution < -0.4 is 14.8 Å². The maximum absolute atomic E-state index is 13.0. The highest BCUT2D eigenvalue weighted by atomic mass is 16.5. The van der Waals surface area contributed by atoms with Gasteiger partial charge in [0.1, 0.15) is 17.1 Å². The average Bonchev–Trinajstić information content (AvgIpc) is 2.65. The van der Waals surface area contributed by atoms with Crippen LogP contribution in [-0.4, -0.2) is 17.6 Å². The number of nitrogens with one attached hydrogen (secondary N) is 1. The van der Waals surface area contributed by atoms with Crippen LogP contribution in [0.1, 0.15) is 63.3 Å². The van der Waals surface area contributed by atoms with E-state index in [0.29, 0.717) is 6.42 Å². The second-order valence-electron chi connectivity index (χ2n) is 8.18. The SMILES string of the molecule is CCc1ccc(O[C@H](CC)C(=O)N[C@@H]2CC(C)(C)Oc3cc(C)ccc32)cc1.